The molecule has 9 heteroatoms. The molecule has 0 bridgehead atoms. The second-order valence-electron chi connectivity index (χ2n) is 6.55. The van der Waals surface area contributed by atoms with Crippen LogP contribution >= 0.6 is 22.9 Å². The van der Waals surface area contributed by atoms with E-state index in [1.165, 1.54) is 11.3 Å². The predicted octanol–water partition coefficient (Wildman–Crippen LogP) is 4.59. The summed E-state index contributed by atoms with van der Waals surface area (Å²) >= 11 is 7.08. The van der Waals surface area contributed by atoms with Crippen LogP contribution in [0, 0.1) is 0 Å². The van der Waals surface area contributed by atoms with E-state index in [0.717, 1.165) is 18.8 Å². The molecule has 1 aromatic carbocycles. The highest BCUT2D eigenvalue weighted by Crippen LogP contribution is 2.26. The number of thiophene rings is 1. The summed E-state index contributed by atoms with van der Waals surface area (Å²) < 4.78 is 11.3. The van der Waals surface area contributed by atoms with Gasteiger partial charge in [-0.1, -0.05) is 24.9 Å². The number of carbonyl (C=O) groups is 2. The number of hydrogen-bond donors (Lipinski definition) is 2. The Balaban J connectivity index is 1.56. The van der Waals surface area contributed by atoms with Crippen LogP contribution in [0.25, 0.3) is 0 Å². The van der Waals surface area contributed by atoms with Crippen molar-refractivity contribution in [1.82, 2.24) is 0 Å². The van der Waals surface area contributed by atoms with E-state index in [9.17, 15) is 9.59 Å². The van der Waals surface area contributed by atoms with Crippen LogP contribution in [0.5, 0.6) is 0 Å². The van der Waals surface area contributed by atoms with Crippen molar-refractivity contribution in [1.29, 1.82) is 0 Å². The first-order chi connectivity index (χ1) is 14.0. The van der Waals surface area contributed by atoms with E-state index in [4.69, 9.17) is 21.1 Å². The minimum atomic E-state index is -0.880. The summed E-state index contributed by atoms with van der Waals surface area (Å²) in [6.07, 6.45) is -0.434. The normalized spacial score (nSPS) is 14.9. The molecule has 0 radical (unpaired) electrons. The third-order valence-corrected chi connectivity index (χ3v) is 5.55. The van der Waals surface area contributed by atoms with Crippen LogP contribution in [0.4, 0.5) is 21.2 Å². The van der Waals surface area contributed by atoms with Gasteiger partial charge in [-0.05, 0) is 42.8 Å². The summed E-state index contributed by atoms with van der Waals surface area (Å²) in [5, 5.41) is 5.98. The molecule has 2 heterocycles. The van der Waals surface area contributed by atoms with E-state index in [-0.39, 0.29) is 5.91 Å². The van der Waals surface area contributed by atoms with Gasteiger partial charge in [-0.15, -0.1) is 11.3 Å². The summed E-state index contributed by atoms with van der Waals surface area (Å²) in [4.78, 5) is 27.0. The zero-order valence-corrected chi connectivity index (χ0v) is 17.7. The van der Waals surface area contributed by atoms with Gasteiger partial charge in [0.25, 0.3) is 5.91 Å². The SMILES string of the molecule is CCC[C@@H](OC(=O)Nc1ccc(Cl)s1)C(=O)Nc1ccc(N2CCOCC2)cc1. The molecule has 0 aliphatic carbocycles. The van der Waals surface area contributed by atoms with Crippen LogP contribution < -0.4 is 15.5 Å². The van der Waals surface area contributed by atoms with Gasteiger partial charge in [-0.25, -0.2) is 4.79 Å². The molecule has 1 saturated heterocycles. The number of amides is 2. The van der Waals surface area contributed by atoms with E-state index in [2.05, 4.69) is 15.5 Å². The maximum Gasteiger partial charge on any atom is 0.413 e. The molecule has 3 rings (SSSR count). The van der Waals surface area contributed by atoms with E-state index in [1.807, 2.05) is 31.2 Å². The number of halogens is 1. The summed E-state index contributed by atoms with van der Waals surface area (Å²) in [7, 11) is 0. The van der Waals surface area contributed by atoms with Crippen LogP contribution in [-0.4, -0.2) is 44.4 Å². The largest absolute Gasteiger partial charge is 0.436 e. The Morgan fingerprint density at radius 2 is 1.90 bits per heavy atom. The average Bonchev–Trinajstić information content (AvgIpc) is 3.13. The highest BCUT2D eigenvalue weighted by Gasteiger charge is 2.23. The molecule has 0 spiro atoms. The van der Waals surface area contributed by atoms with Crippen LogP contribution in [0.15, 0.2) is 36.4 Å². The number of nitrogens with zero attached hydrogens (tertiary/aromatic N) is 1. The number of benzene rings is 1. The highest BCUT2D eigenvalue weighted by molar-refractivity contribution is 7.20. The Labute approximate surface area is 178 Å². The lowest BCUT2D eigenvalue weighted by Gasteiger charge is -2.29. The Kier molecular flexibility index (Phi) is 7.74. The van der Waals surface area contributed by atoms with Crippen molar-refractivity contribution in [3.8, 4) is 0 Å². The van der Waals surface area contributed by atoms with Crippen molar-refractivity contribution in [3.63, 3.8) is 0 Å². The minimum Gasteiger partial charge on any atom is -0.436 e. The molecule has 1 atom stereocenters. The lowest BCUT2D eigenvalue weighted by Crippen LogP contribution is -2.36. The first-order valence-electron chi connectivity index (χ1n) is 9.51. The fourth-order valence-corrected chi connectivity index (χ4v) is 3.88. The Bertz CT molecular complexity index is 821. The van der Waals surface area contributed by atoms with Crippen LogP contribution in [0.1, 0.15) is 19.8 Å². The topological polar surface area (TPSA) is 79.9 Å². The summed E-state index contributed by atoms with van der Waals surface area (Å²) in [6.45, 7) is 5.06. The molecular formula is C20H24ClN3O4S. The van der Waals surface area contributed by atoms with E-state index in [1.54, 1.807) is 12.1 Å². The predicted molar refractivity (Wildman–Crippen MR) is 116 cm³/mol. The summed E-state index contributed by atoms with van der Waals surface area (Å²) in [5.74, 6) is -0.356. The number of morpholine rings is 1. The molecular weight excluding hydrogens is 414 g/mol. The lowest BCUT2D eigenvalue weighted by molar-refractivity contribution is -0.124. The second kappa shape index (κ2) is 10.5. The van der Waals surface area contributed by atoms with E-state index < -0.39 is 12.2 Å². The molecule has 1 aliphatic rings. The lowest BCUT2D eigenvalue weighted by atomic mass is 10.2. The molecule has 2 N–H and O–H groups in total. The quantitative estimate of drug-likeness (QED) is 0.662. The number of carbonyl (C=O) groups excluding carboxylic acids is 2. The molecule has 29 heavy (non-hydrogen) atoms. The molecule has 0 unspecified atom stereocenters. The van der Waals surface area contributed by atoms with Crippen molar-refractivity contribution in [3.05, 3.63) is 40.7 Å². The van der Waals surface area contributed by atoms with Crippen LogP contribution in [0.2, 0.25) is 4.34 Å². The average molecular weight is 438 g/mol. The third kappa shape index (κ3) is 6.35. The fourth-order valence-electron chi connectivity index (χ4n) is 2.95. The molecule has 2 aromatic rings. The van der Waals surface area contributed by atoms with Gasteiger partial charge in [0.05, 0.1) is 22.6 Å². The van der Waals surface area contributed by atoms with Gasteiger partial charge in [0.2, 0.25) is 0 Å². The van der Waals surface area contributed by atoms with Gasteiger partial charge in [0, 0.05) is 24.5 Å². The molecule has 1 fully saturated rings. The fraction of sp³-hybridized carbons (Fsp3) is 0.400. The van der Waals surface area contributed by atoms with Crippen molar-refractivity contribution in [2.45, 2.75) is 25.9 Å². The van der Waals surface area contributed by atoms with Gasteiger partial charge in [0.15, 0.2) is 6.10 Å². The molecule has 156 valence electrons. The first kappa shape index (κ1) is 21.4. The molecule has 7 nitrogen and oxygen atoms in total. The van der Waals surface area contributed by atoms with Gasteiger partial charge < -0.3 is 19.7 Å². The maximum absolute atomic E-state index is 12.6. The zero-order chi connectivity index (χ0) is 20.6. The van der Waals surface area contributed by atoms with Crippen molar-refractivity contribution in [2.24, 2.45) is 0 Å². The van der Waals surface area contributed by atoms with Crippen molar-refractivity contribution in [2.75, 3.05) is 41.8 Å². The zero-order valence-electron chi connectivity index (χ0n) is 16.2. The van der Waals surface area contributed by atoms with Gasteiger partial charge in [-0.3, -0.25) is 10.1 Å². The summed E-state index contributed by atoms with van der Waals surface area (Å²) in [5.41, 5.74) is 1.74. The maximum atomic E-state index is 12.6. The Morgan fingerprint density at radius 1 is 1.17 bits per heavy atom. The minimum absolute atomic E-state index is 0.356. The molecule has 1 aromatic heterocycles. The highest BCUT2D eigenvalue weighted by atomic mass is 35.5. The molecule has 1 aliphatic heterocycles. The van der Waals surface area contributed by atoms with Crippen LogP contribution in [-0.2, 0) is 14.3 Å². The van der Waals surface area contributed by atoms with Crippen molar-refractivity contribution < 1.29 is 19.1 Å². The van der Waals surface area contributed by atoms with Crippen molar-refractivity contribution >= 4 is 51.3 Å². The second-order valence-corrected chi connectivity index (χ2v) is 8.26. The van der Waals surface area contributed by atoms with Crippen LogP contribution in [0.3, 0.4) is 0 Å². The first-order valence-corrected chi connectivity index (χ1v) is 10.7. The number of rotatable bonds is 7. The van der Waals surface area contributed by atoms with Gasteiger partial charge in [-0.2, -0.15) is 0 Å². The van der Waals surface area contributed by atoms with E-state index in [0.29, 0.717) is 41.1 Å². The molecule has 0 saturated carbocycles. The number of anilines is 3. The Hall–Kier alpha value is -2.29. The van der Waals surface area contributed by atoms with Gasteiger partial charge in [0.1, 0.15) is 0 Å². The summed E-state index contributed by atoms with van der Waals surface area (Å²) in [6, 6.07) is 11.0. The third-order valence-electron chi connectivity index (χ3n) is 4.40. The van der Waals surface area contributed by atoms with Gasteiger partial charge >= 0.3 is 6.09 Å². The number of hydrogen-bond acceptors (Lipinski definition) is 6. The number of nitrogens with one attached hydrogen (secondary N) is 2. The number of ether oxygens (including phenoxy) is 2. The van der Waals surface area contributed by atoms with E-state index >= 15 is 0 Å². The Morgan fingerprint density at radius 3 is 2.52 bits per heavy atom. The standard InChI is InChI=1S/C20H24ClN3O4S/c1-2-3-16(28-20(26)23-18-9-8-17(21)29-18)19(25)22-14-4-6-15(7-5-14)24-10-12-27-13-11-24/h4-9,16H,2-3,10-13H2,1H3,(H,22,25)(H,23,26)/t16-/m1/s1. The monoisotopic (exact) mass is 437 g/mol. The molecule has 2 amide bonds. The smallest absolute Gasteiger partial charge is 0.413 e.